The number of hydrogen-bond acceptors (Lipinski definition) is 5. The van der Waals surface area contributed by atoms with Gasteiger partial charge >= 0.3 is 5.97 Å². The number of aliphatic hydroxyl groups excluding tert-OH is 1. The van der Waals surface area contributed by atoms with E-state index in [-0.39, 0.29) is 11.7 Å². The molecule has 0 aromatic heterocycles. The molecule has 6 heteroatoms. The Kier molecular flexibility index (Phi) is 5.94. The highest BCUT2D eigenvalue weighted by atomic mass is 16.5. The van der Waals surface area contributed by atoms with Crippen LogP contribution in [0.1, 0.15) is 31.9 Å². The molecule has 0 aliphatic rings. The quantitative estimate of drug-likeness (QED) is 0.474. The zero-order valence-corrected chi connectivity index (χ0v) is 11.5. The minimum Gasteiger partial charge on any atom is -0.508 e. The minimum atomic E-state index is -1.64. The maximum absolute atomic E-state index is 11.3. The highest BCUT2D eigenvalue weighted by molar-refractivity contribution is 5.75. The number of rotatable bonds is 7. The van der Waals surface area contributed by atoms with Gasteiger partial charge in [-0.2, -0.15) is 0 Å². The van der Waals surface area contributed by atoms with E-state index in [4.69, 9.17) is 0 Å². The molecule has 20 heavy (non-hydrogen) atoms. The van der Waals surface area contributed by atoms with Crippen molar-refractivity contribution in [2.75, 3.05) is 0 Å². The van der Waals surface area contributed by atoms with Gasteiger partial charge in [0.15, 0.2) is 6.29 Å². The maximum Gasteiger partial charge on any atom is 0.325 e. The van der Waals surface area contributed by atoms with Crippen LogP contribution in [0.4, 0.5) is 0 Å². The summed E-state index contributed by atoms with van der Waals surface area (Å²) in [4.78, 5) is 11.3. The highest BCUT2D eigenvalue weighted by Crippen LogP contribution is 2.19. The van der Waals surface area contributed by atoms with Crippen molar-refractivity contribution < 1.29 is 25.2 Å². The summed E-state index contributed by atoms with van der Waals surface area (Å²) in [6.07, 6.45) is -1.21. The first kappa shape index (κ1) is 16.4. The van der Waals surface area contributed by atoms with Gasteiger partial charge < -0.3 is 20.4 Å². The first-order valence-electron chi connectivity index (χ1n) is 6.45. The monoisotopic (exact) mass is 283 g/mol. The molecule has 6 nitrogen and oxygen atoms in total. The Morgan fingerprint density at radius 3 is 2.15 bits per heavy atom. The summed E-state index contributed by atoms with van der Waals surface area (Å²) < 4.78 is 0. The molecule has 5 N–H and O–H groups in total. The number of carboxylic acid groups (broad SMARTS) is 1. The number of nitrogens with one attached hydrogen (secondary N) is 1. The van der Waals surface area contributed by atoms with Crippen LogP contribution in [-0.2, 0) is 4.79 Å². The van der Waals surface area contributed by atoms with E-state index >= 15 is 0 Å². The molecule has 0 radical (unpaired) electrons. The molecule has 0 aliphatic carbocycles. The lowest BCUT2D eigenvalue weighted by Gasteiger charge is -2.26. The summed E-state index contributed by atoms with van der Waals surface area (Å²) in [6, 6.07) is 3.93. The molecule has 0 saturated carbocycles. The SMILES string of the molecule is CC(C)CC(NC(C(=O)O)c1ccc(O)cc1)C(O)O. The van der Waals surface area contributed by atoms with Gasteiger partial charge in [0.2, 0.25) is 0 Å². The minimum absolute atomic E-state index is 0.0406. The molecule has 1 rings (SSSR count). The Balaban J connectivity index is 2.90. The Labute approximate surface area is 117 Å². The van der Waals surface area contributed by atoms with Crippen molar-refractivity contribution in [1.82, 2.24) is 5.32 Å². The van der Waals surface area contributed by atoms with Crippen molar-refractivity contribution in [2.45, 2.75) is 38.6 Å². The normalized spacial score (nSPS) is 14.5. The molecular weight excluding hydrogens is 262 g/mol. The molecular formula is C14H21NO5. The van der Waals surface area contributed by atoms with Crippen LogP contribution in [-0.4, -0.2) is 38.7 Å². The number of carbonyl (C=O) groups is 1. The third-order valence-corrected chi connectivity index (χ3v) is 2.94. The van der Waals surface area contributed by atoms with Gasteiger partial charge in [-0.15, -0.1) is 0 Å². The molecule has 0 amide bonds. The van der Waals surface area contributed by atoms with Crippen LogP contribution in [0.25, 0.3) is 0 Å². The lowest BCUT2D eigenvalue weighted by molar-refractivity contribution is -0.141. The van der Waals surface area contributed by atoms with E-state index in [1.165, 1.54) is 24.3 Å². The Hall–Kier alpha value is -1.63. The average molecular weight is 283 g/mol. The van der Waals surface area contributed by atoms with Crippen LogP contribution in [0.15, 0.2) is 24.3 Å². The number of benzene rings is 1. The zero-order valence-electron chi connectivity index (χ0n) is 11.5. The summed E-state index contributed by atoms with van der Waals surface area (Å²) in [6.45, 7) is 3.82. The van der Waals surface area contributed by atoms with Gasteiger partial charge in [0, 0.05) is 0 Å². The summed E-state index contributed by atoms with van der Waals surface area (Å²) in [7, 11) is 0. The van der Waals surface area contributed by atoms with Gasteiger partial charge in [0.05, 0.1) is 6.04 Å². The maximum atomic E-state index is 11.3. The van der Waals surface area contributed by atoms with E-state index in [1.54, 1.807) is 0 Å². The van der Waals surface area contributed by atoms with Crippen LogP contribution in [0, 0.1) is 5.92 Å². The first-order chi connectivity index (χ1) is 9.31. The number of carboxylic acids is 1. The summed E-state index contributed by atoms with van der Waals surface area (Å²) >= 11 is 0. The van der Waals surface area contributed by atoms with Crippen molar-refractivity contribution in [3.63, 3.8) is 0 Å². The second kappa shape index (κ2) is 7.23. The summed E-state index contributed by atoms with van der Waals surface area (Å²) in [5.41, 5.74) is 0.435. The van der Waals surface area contributed by atoms with E-state index < -0.39 is 24.3 Å². The van der Waals surface area contributed by atoms with Crippen molar-refractivity contribution in [3.05, 3.63) is 29.8 Å². The van der Waals surface area contributed by atoms with E-state index in [9.17, 15) is 25.2 Å². The molecule has 0 heterocycles. The molecule has 0 spiro atoms. The molecule has 0 bridgehead atoms. The smallest absolute Gasteiger partial charge is 0.325 e. The van der Waals surface area contributed by atoms with Crippen LogP contribution >= 0.6 is 0 Å². The number of phenolic OH excluding ortho intramolecular Hbond substituents is 1. The van der Waals surface area contributed by atoms with Gasteiger partial charge in [0.25, 0.3) is 0 Å². The molecule has 2 unspecified atom stereocenters. The van der Waals surface area contributed by atoms with E-state index in [0.29, 0.717) is 12.0 Å². The van der Waals surface area contributed by atoms with E-state index in [2.05, 4.69) is 5.32 Å². The Bertz CT molecular complexity index is 430. The number of aliphatic carboxylic acids is 1. The number of aromatic hydroxyl groups is 1. The predicted octanol–water partition coefficient (Wildman–Crippen LogP) is 0.833. The first-order valence-corrected chi connectivity index (χ1v) is 6.45. The standard InChI is InChI=1S/C14H21NO5/c1-8(2)7-11(13(17)18)15-12(14(19)20)9-3-5-10(16)6-4-9/h3-6,8,11-13,15-18H,7H2,1-2H3,(H,19,20). The van der Waals surface area contributed by atoms with Gasteiger partial charge in [0.1, 0.15) is 11.8 Å². The average Bonchev–Trinajstić information content (AvgIpc) is 2.34. The predicted molar refractivity (Wildman–Crippen MR) is 73.1 cm³/mol. The second-order valence-electron chi connectivity index (χ2n) is 5.18. The summed E-state index contributed by atoms with van der Waals surface area (Å²) in [5, 5.41) is 39.9. The Morgan fingerprint density at radius 2 is 1.75 bits per heavy atom. The van der Waals surface area contributed by atoms with E-state index in [0.717, 1.165) is 0 Å². The lowest BCUT2D eigenvalue weighted by atomic mass is 10.00. The topological polar surface area (TPSA) is 110 Å². The van der Waals surface area contributed by atoms with Crippen LogP contribution in [0.3, 0.4) is 0 Å². The van der Waals surface area contributed by atoms with Crippen LogP contribution in [0.5, 0.6) is 5.75 Å². The van der Waals surface area contributed by atoms with Crippen molar-refractivity contribution in [1.29, 1.82) is 0 Å². The fraction of sp³-hybridized carbons (Fsp3) is 0.500. The molecule has 0 saturated heterocycles. The highest BCUT2D eigenvalue weighted by Gasteiger charge is 2.27. The van der Waals surface area contributed by atoms with E-state index in [1.807, 2.05) is 13.8 Å². The third kappa shape index (κ3) is 4.80. The molecule has 1 aromatic rings. The van der Waals surface area contributed by atoms with Crippen molar-refractivity contribution >= 4 is 5.97 Å². The lowest BCUT2D eigenvalue weighted by Crippen LogP contribution is -2.45. The second-order valence-corrected chi connectivity index (χ2v) is 5.18. The summed E-state index contributed by atoms with van der Waals surface area (Å²) in [5.74, 6) is -0.896. The van der Waals surface area contributed by atoms with Crippen molar-refractivity contribution in [3.8, 4) is 5.75 Å². The third-order valence-electron chi connectivity index (χ3n) is 2.94. The molecule has 1 aromatic carbocycles. The number of phenols is 1. The number of hydrogen-bond donors (Lipinski definition) is 5. The molecule has 112 valence electrons. The van der Waals surface area contributed by atoms with Crippen molar-refractivity contribution in [2.24, 2.45) is 5.92 Å². The largest absolute Gasteiger partial charge is 0.508 e. The fourth-order valence-corrected chi connectivity index (χ4v) is 1.97. The van der Waals surface area contributed by atoms with Gasteiger partial charge in [-0.05, 0) is 30.0 Å². The van der Waals surface area contributed by atoms with Crippen LogP contribution < -0.4 is 5.32 Å². The van der Waals surface area contributed by atoms with Gasteiger partial charge in [-0.25, -0.2) is 0 Å². The molecule has 0 aliphatic heterocycles. The zero-order chi connectivity index (χ0) is 15.3. The van der Waals surface area contributed by atoms with Crippen LogP contribution in [0.2, 0.25) is 0 Å². The van der Waals surface area contributed by atoms with Gasteiger partial charge in [-0.3, -0.25) is 10.1 Å². The fourth-order valence-electron chi connectivity index (χ4n) is 1.97. The Morgan fingerprint density at radius 1 is 1.20 bits per heavy atom. The number of aliphatic hydroxyl groups is 2. The molecule has 0 fully saturated rings. The molecule has 2 atom stereocenters. The van der Waals surface area contributed by atoms with Gasteiger partial charge in [-0.1, -0.05) is 26.0 Å².